The zero-order chi connectivity index (χ0) is 15.2. The number of aromatic nitrogens is 4. The van der Waals surface area contributed by atoms with E-state index in [1.54, 1.807) is 23.7 Å². The third-order valence-corrected chi connectivity index (χ3v) is 4.63. The first-order valence-electron chi connectivity index (χ1n) is 7.25. The topological polar surface area (TPSA) is 69.6 Å². The largest absolute Gasteiger partial charge is 0.399 e. The maximum atomic E-state index is 14.4. The number of halogens is 1. The molecule has 6 heteroatoms. The zero-order valence-electron chi connectivity index (χ0n) is 12.6. The van der Waals surface area contributed by atoms with Crippen molar-refractivity contribution in [3.05, 3.63) is 23.5 Å². The van der Waals surface area contributed by atoms with E-state index in [9.17, 15) is 4.39 Å². The van der Waals surface area contributed by atoms with Gasteiger partial charge >= 0.3 is 0 Å². The van der Waals surface area contributed by atoms with Crippen LogP contribution in [0.3, 0.4) is 0 Å². The van der Waals surface area contributed by atoms with Gasteiger partial charge in [0.1, 0.15) is 5.82 Å². The Morgan fingerprint density at radius 2 is 2.10 bits per heavy atom. The van der Waals surface area contributed by atoms with Crippen molar-refractivity contribution in [1.82, 2.24) is 20.2 Å². The maximum Gasteiger partial charge on any atom is 0.185 e. The first-order valence-corrected chi connectivity index (χ1v) is 7.25. The molecule has 1 aromatic carbocycles. The Hall–Kier alpha value is -1.98. The minimum Gasteiger partial charge on any atom is -0.399 e. The van der Waals surface area contributed by atoms with E-state index >= 15 is 0 Å². The number of anilines is 1. The maximum absolute atomic E-state index is 14.4. The quantitative estimate of drug-likeness (QED) is 0.879. The van der Waals surface area contributed by atoms with Crippen LogP contribution < -0.4 is 5.73 Å². The summed E-state index contributed by atoms with van der Waals surface area (Å²) in [6.45, 7) is 6.84. The van der Waals surface area contributed by atoms with Crippen LogP contribution >= 0.6 is 0 Å². The summed E-state index contributed by atoms with van der Waals surface area (Å²) in [6.07, 6.45) is 2.34. The number of hydrogen-bond donors (Lipinski definition) is 1. The molecule has 0 amide bonds. The Bertz CT molecular complexity index is 673. The molecule has 1 aliphatic carbocycles. The van der Waals surface area contributed by atoms with Crippen molar-refractivity contribution in [1.29, 1.82) is 0 Å². The Balaban J connectivity index is 2.00. The predicted molar refractivity (Wildman–Crippen MR) is 78.9 cm³/mol. The highest BCUT2D eigenvalue weighted by molar-refractivity contribution is 5.63. The molecule has 2 N–H and O–H groups in total. The fourth-order valence-electron chi connectivity index (χ4n) is 2.84. The minimum atomic E-state index is -0.311. The van der Waals surface area contributed by atoms with Gasteiger partial charge in [-0.2, -0.15) is 0 Å². The number of nitrogens with zero attached hydrogens (tertiary/aromatic N) is 4. The highest BCUT2D eigenvalue weighted by Crippen LogP contribution is 2.53. The number of rotatable bonds is 4. The van der Waals surface area contributed by atoms with Crippen LogP contribution in [0.15, 0.2) is 12.1 Å². The summed E-state index contributed by atoms with van der Waals surface area (Å²) in [5, 5.41) is 11.8. The van der Waals surface area contributed by atoms with Crippen molar-refractivity contribution < 1.29 is 4.39 Å². The molecule has 3 rings (SSSR count). The lowest BCUT2D eigenvalue weighted by molar-refractivity contribution is 0.294. The summed E-state index contributed by atoms with van der Waals surface area (Å²) < 4.78 is 16.1. The molecule has 0 spiro atoms. The predicted octanol–water partition coefficient (Wildman–Crippen LogP) is 2.81. The Morgan fingerprint density at radius 3 is 2.71 bits per heavy atom. The molecule has 2 aromatic rings. The molecule has 0 radical (unpaired) electrons. The van der Waals surface area contributed by atoms with Gasteiger partial charge in [0.05, 0.1) is 12.1 Å². The van der Waals surface area contributed by atoms with Crippen LogP contribution in [0.4, 0.5) is 10.1 Å². The molecule has 1 heterocycles. The standard InChI is InChI=1S/C15H20FN5/c1-9(2)15(4-5-15)8-21-14(18-19-20-21)12-7-11(17)6-10(3)13(12)16/h6-7,9H,4-5,8,17H2,1-3H3. The van der Waals surface area contributed by atoms with Gasteiger partial charge in [0, 0.05) is 5.69 Å². The van der Waals surface area contributed by atoms with Crippen LogP contribution in [0.1, 0.15) is 32.3 Å². The summed E-state index contributed by atoms with van der Waals surface area (Å²) in [6, 6.07) is 3.21. The summed E-state index contributed by atoms with van der Waals surface area (Å²) >= 11 is 0. The fraction of sp³-hybridized carbons (Fsp3) is 0.533. The van der Waals surface area contributed by atoms with Gasteiger partial charge in [-0.3, -0.25) is 0 Å². The SMILES string of the molecule is Cc1cc(N)cc(-c2nnnn2CC2(C(C)C)CC2)c1F. The number of aryl methyl sites for hydroxylation is 1. The van der Waals surface area contributed by atoms with Crippen LogP contribution in [-0.4, -0.2) is 20.2 Å². The second-order valence-corrected chi connectivity index (χ2v) is 6.38. The Morgan fingerprint density at radius 1 is 1.38 bits per heavy atom. The molecule has 0 bridgehead atoms. The molecule has 1 saturated carbocycles. The molecule has 21 heavy (non-hydrogen) atoms. The van der Waals surface area contributed by atoms with Crippen molar-refractivity contribution in [2.24, 2.45) is 11.3 Å². The number of nitrogens with two attached hydrogens (primary N) is 1. The van der Waals surface area contributed by atoms with Crippen molar-refractivity contribution in [3.63, 3.8) is 0 Å². The summed E-state index contributed by atoms with van der Waals surface area (Å²) in [5.74, 6) is 0.700. The summed E-state index contributed by atoms with van der Waals surface area (Å²) in [4.78, 5) is 0. The van der Waals surface area contributed by atoms with Crippen molar-refractivity contribution in [2.45, 2.75) is 40.2 Å². The average molecular weight is 289 g/mol. The van der Waals surface area contributed by atoms with Gasteiger partial charge in [0.15, 0.2) is 5.82 Å². The lowest BCUT2D eigenvalue weighted by Gasteiger charge is -2.19. The second kappa shape index (κ2) is 4.79. The van der Waals surface area contributed by atoms with Crippen LogP contribution in [0, 0.1) is 24.1 Å². The van der Waals surface area contributed by atoms with Gasteiger partial charge in [-0.25, -0.2) is 9.07 Å². The molecule has 0 unspecified atom stereocenters. The third-order valence-electron chi connectivity index (χ3n) is 4.63. The number of benzene rings is 1. The van der Waals surface area contributed by atoms with E-state index in [-0.39, 0.29) is 11.2 Å². The van der Waals surface area contributed by atoms with Gasteiger partial charge in [-0.15, -0.1) is 5.10 Å². The number of nitrogen functional groups attached to an aromatic ring is 1. The van der Waals surface area contributed by atoms with E-state index in [0.29, 0.717) is 28.6 Å². The normalized spacial score (nSPS) is 16.4. The lowest BCUT2D eigenvalue weighted by atomic mass is 9.92. The van der Waals surface area contributed by atoms with Crippen LogP contribution in [0.25, 0.3) is 11.4 Å². The Kier molecular flexibility index (Phi) is 3.19. The summed E-state index contributed by atoms with van der Waals surface area (Å²) in [5.41, 5.74) is 7.47. The second-order valence-electron chi connectivity index (χ2n) is 6.38. The van der Waals surface area contributed by atoms with Gasteiger partial charge in [-0.1, -0.05) is 13.8 Å². The molecule has 1 aromatic heterocycles. The molecule has 112 valence electrons. The monoisotopic (exact) mass is 289 g/mol. The molecular weight excluding hydrogens is 269 g/mol. The van der Waals surface area contributed by atoms with Gasteiger partial charge in [0.2, 0.25) is 0 Å². The molecule has 1 aliphatic rings. The van der Waals surface area contributed by atoms with E-state index in [0.717, 1.165) is 6.54 Å². The van der Waals surface area contributed by atoms with Crippen LogP contribution in [0.5, 0.6) is 0 Å². The highest BCUT2D eigenvalue weighted by Gasteiger charge is 2.46. The van der Waals surface area contributed by atoms with Crippen LogP contribution in [-0.2, 0) is 6.54 Å². The average Bonchev–Trinajstić information content (AvgIpc) is 3.06. The molecule has 0 atom stereocenters. The molecule has 0 saturated heterocycles. The zero-order valence-corrected chi connectivity index (χ0v) is 12.6. The lowest BCUT2D eigenvalue weighted by Crippen LogP contribution is -2.19. The molecule has 0 aliphatic heterocycles. The molecule has 1 fully saturated rings. The summed E-state index contributed by atoms with van der Waals surface area (Å²) in [7, 11) is 0. The van der Waals surface area contributed by atoms with Gasteiger partial charge in [-0.05, 0) is 59.2 Å². The van der Waals surface area contributed by atoms with E-state index in [1.807, 2.05) is 0 Å². The van der Waals surface area contributed by atoms with Crippen LogP contribution in [0.2, 0.25) is 0 Å². The van der Waals surface area contributed by atoms with Gasteiger partial charge in [0.25, 0.3) is 0 Å². The van der Waals surface area contributed by atoms with E-state index in [1.165, 1.54) is 12.8 Å². The first-order chi connectivity index (χ1) is 9.93. The van der Waals surface area contributed by atoms with E-state index < -0.39 is 0 Å². The number of hydrogen-bond acceptors (Lipinski definition) is 4. The van der Waals surface area contributed by atoms with E-state index in [2.05, 4.69) is 29.4 Å². The van der Waals surface area contributed by atoms with Gasteiger partial charge < -0.3 is 5.73 Å². The molecule has 5 nitrogen and oxygen atoms in total. The number of tetrazole rings is 1. The van der Waals surface area contributed by atoms with Crippen molar-refractivity contribution in [3.8, 4) is 11.4 Å². The van der Waals surface area contributed by atoms with Crippen molar-refractivity contribution in [2.75, 3.05) is 5.73 Å². The minimum absolute atomic E-state index is 0.246. The fourth-order valence-corrected chi connectivity index (χ4v) is 2.84. The Labute approximate surface area is 123 Å². The van der Waals surface area contributed by atoms with E-state index in [4.69, 9.17) is 5.73 Å². The third kappa shape index (κ3) is 2.39. The highest BCUT2D eigenvalue weighted by atomic mass is 19.1. The van der Waals surface area contributed by atoms with Crippen molar-refractivity contribution >= 4 is 5.69 Å². The molecular formula is C15H20FN5. The smallest absolute Gasteiger partial charge is 0.185 e. The first kappa shape index (κ1) is 14.0.